The number of phenols is 1. The first-order valence-electron chi connectivity index (χ1n) is 43.9. The number of carbonyl (C=O) groups excluding carboxylic acids is 4. The molecule has 8 aliphatic rings. The number of benzene rings is 8. The van der Waals surface area contributed by atoms with E-state index in [9.17, 15) is 24.3 Å². The van der Waals surface area contributed by atoms with Crippen LogP contribution in [-0.4, -0.2) is 95.5 Å². The minimum absolute atomic E-state index is 0.00928. The van der Waals surface area contributed by atoms with E-state index in [1.165, 1.54) is 130 Å². The van der Waals surface area contributed by atoms with E-state index in [0.29, 0.717) is 47.9 Å². The summed E-state index contributed by atoms with van der Waals surface area (Å²) < 4.78 is 70.6. The number of phenolic OH excluding ortho intramolecular Hbond substituents is 1. The number of amides is 4. The van der Waals surface area contributed by atoms with Crippen LogP contribution in [0.5, 0.6) is 28.7 Å². The second-order valence-corrected chi connectivity index (χ2v) is 48.4. The van der Waals surface area contributed by atoms with Crippen molar-refractivity contribution in [3.63, 3.8) is 0 Å². The number of aryl methyl sites for hydroxylation is 4. The third-order valence-electron chi connectivity index (χ3n) is 28.0. The minimum Gasteiger partial charge on any atom is -0.507 e. The molecule has 4 unspecified atom stereocenters. The Bertz CT molecular complexity index is 5910. The molecule has 0 radical (unpaired) electrons. The zero-order valence-electron chi connectivity index (χ0n) is 78.1. The molecule has 4 heterocycles. The minimum atomic E-state index is -0.647. The Morgan fingerprint density at radius 2 is 0.617 bits per heavy atom. The predicted molar refractivity (Wildman–Crippen MR) is 539 cm³/mol. The second kappa shape index (κ2) is 37.0. The summed E-state index contributed by atoms with van der Waals surface area (Å²) in [5.41, 5.74) is 25.1. The van der Waals surface area contributed by atoms with Crippen LogP contribution in [0.25, 0.3) is 44.5 Å². The molecule has 16 rings (SSSR count). The molecule has 0 bridgehead atoms. The highest BCUT2D eigenvalue weighted by molar-refractivity contribution is 8.25. The molecule has 4 aliphatic heterocycles. The van der Waals surface area contributed by atoms with Crippen LogP contribution in [0.3, 0.4) is 0 Å². The highest BCUT2D eigenvalue weighted by Gasteiger charge is 2.45. The lowest BCUT2D eigenvalue weighted by atomic mass is 9.62. The van der Waals surface area contributed by atoms with Gasteiger partial charge in [0.25, 0.3) is 0 Å². The molecule has 0 aromatic heterocycles. The van der Waals surface area contributed by atoms with Gasteiger partial charge in [-0.05, 0) is 326 Å². The molecule has 24 heteroatoms. The summed E-state index contributed by atoms with van der Waals surface area (Å²) in [6.45, 7) is 45.0. The van der Waals surface area contributed by atoms with Crippen LogP contribution in [-0.2, 0) is 88.2 Å². The molecule has 13 nitrogen and oxygen atoms in total. The van der Waals surface area contributed by atoms with Crippen LogP contribution in [0.2, 0.25) is 0 Å². The number of fused-ring (bicyclic) bond motifs is 4. The Balaban J connectivity index is 0.000000146. The van der Waals surface area contributed by atoms with Gasteiger partial charge in [-0.1, -0.05) is 237 Å². The maximum atomic E-state index is 16.0. The average Bonchev–Trinajstić information content (AvgIpc) is 1.05. The van der Waals surface area contributed by atoms with Crippen molar-refractivity contribution >= 4 is 137 Å². The van der Waals surface area contributed by atoms with Crippen molar-refractivity contribution in [2.75, 3.05) is 28.4 Å². The third kappa shape index (κ3) is 20.0. The van der Waals surface area contributed by atoms with E-state index in [-0.39, 0.29) is 117 Å². The Morgan fingerprint density at radius 3 is 0.945 bits per heavy atom. The van der Waals surface area contributed by atoms with E-state index in [0.717, 1.165) is 117 Å². The first-order valence-corrected chi connectivity index (χ1v) is 49.1. The number of rotatable bonds is 16. The molecule has 4 atom stereocenters. The van der Waals surface area contributed by atoms with Gasteiger partial charge in [0.05, 0.1) is 55.0 Å². The van der Waals surface area contributed by atoms with Crippen molar-refractivity contribution in [1.82, 2.24) is 21.3 Å². The molecular formula is C104H121F3N4O9S8. The van der Waals surface area contributed by atoms with Gasteiger partial charge < -0.3 is 45.3 Å². The van der Waals surface area contributed by atoms with Crippen molar-refractivity contribution < 1.29 is 56.4 Å². The van der Waals surface area contributed by atoms with Gasteiger partial charge in [-0.15, -0.1) is 0 Å². The molecule has 8 aromatic rings. The number of hydrogen-bond acceptors (Lipinski definition) is 17. The summed E-state index contributed by atoms with van der Waals surface area (Å²) in [6, 6.07) is 32.3. The molecule has 0 spiro atoms. The standard InChI is InChI=1S/C27H33NO3S2.C26H29F2NO2S2.C26H30FNO2S2.C25H29NO2S2/c1-15-10-19-20(27(4,5)9-8-26(19,2)3)14-17(15)18-11-16(12-21(30-6)23(18)31-7)13-22-24(29)28-25(32)33-22;1-13-9-16-17(26(4,5)8-7-25(16,2)3)12-15(13)20-21(28)14(10-18(27)22(20)31-6)11-19-23(30)29-24(32)33-19;1-14-9-18-19(26(4,5)8-7-25(18,2)3)13-16(14)17-10-15(11-20(27)22(17)30-6)12-21-23(29)28-24(31)32-21;1-14-10-18-19(25(4,5)9-8-24(18,2)3)13-16(14)17-11-15(6-7-20(17)27)12-21-22(28)26-23(29)30-21/h10-12,14,22H,8-9,13H2,1-7H3,(H,28,29,32);9-10,12,19H,7-8,11H2,1-6H3,(H,29,30,32);9-11,13,21H,7-8,12H2,1-6H3,(H,28,29,31);6-7,10-11,13,21,27H,8-9,12H2,1-5H3,(H,26,28,29). The van der Waals surface area contributed by atoms with Crippen LogP contribution in [0, 0.1) is 45.1 Å². The van der Waals surface area contributed by atoms with Gasteiger partial charge in [0, 0.05) is 16.7 Å². The molecule has 4 amide bonds. The Hall–Kier alpha value is -7.81. The van der Waals surface area contributed by atoms with Gasteiger partial charge >= 0.3 is 0 Å². The molecule has 4 fully saturated rings. The lowest BCUT2D eigenvalue weighted by Crippen LogP contribution is -2.34. The lowest BCUT2D eigenvalue weighted by Gasteiger charge is -2.42. The first kappa shape index (κ1) is 97.7. The summed E-state index contributed by atoms with van der Waals surface area (Å²) >= 11 is 25.8. The zero-order valence-corrected chi connectivity index (χ0v) is 84.7. The van der Waals surface area contributed by atoms with Crippen molar-refractivity contribution in [2.24, 2.45) is 0 Å². The highest BCUT2D eigenvalue weighted by atomic mass is 32.2. The number of hydrogen-bond donors (Lipinski definition) is 5. The highest BCUT2D eigenvalue weighted by Crippen LogP contribution is 2.55. The fourth-order valence-corrected chi connectivity index (χ4v) is 24.9. The Kier molecular flexibility index (Phi) is 28.2. The van der Waals surface area contributed by atoms with E-state index in [1.807, 2.05) is 37.3 Å². The number of methoxy groups -OCH3 is 4. The van der Waals surface area contributed by atoms with E-state index in [4.69, 9.17) is 67.8 Å². The maximum Gasteiger partial charge on any atom is 0.239 e. The number of thiocarbonyl (C=S) groups is 4. The average molecular weight is 1880 g/mol. The number of thioether (sulfide) groups is 4. The van der Waals surface area contributed by atoms with Crippen molar-refractivity contribution in [1.29, 1.82) is 0 Å². The van der Waals surface area contributed by atoms with Gasteiger partial charge in [-0.3, -0.25) is 19.2 Å². The van der Waals surface area contributed by atoms with E-state index >= 15 is 13.2 Å². The van der Waals surface area contributed by atoms with E-state index in [1.54, 1.807) is 20.3 Å². The van der Waals surface area contributed by atoms with Gasteiger partial charge in [0.15, 0.2) is 34.6 Å². The fourth-order valence-electron chi connectivity index (χ4n) is 19.7. The summed E-state index contributed by atoms with van der Waals surface area (Å²) in [5, 5.41) is 20.0. The van der Waals surface area contributed by atoms with E-state index in [2.05, 4.69) is 201 Å². The Morgan fingerprint density at radius 1 is 0.336 bits per heavy atom. The molecule has 4 aliphatic carbocycles. The molecule has 4 saturated heterocycles. The van der Waals surface area contributed by atoms with Crippen LogP contribution < -0.4 is 40.2 Å². The number of nitrogens with one attached hydrogen (secondary N) is 4. The van der Waals surface area contributed by atoms with Crippen LogP contribution in [0.4, 0.5) is 13.2 Å². The van der Waals surface area contributed by atoms with Crippen LogP contribution >= 0.6 is 95.9 Å². The zero-order chi connectivity index (χ0) is 93.7. The number of halogens is 3. The van der Waals surface area contributed by atoms with Crippen molar-refractivity contribution in [3.05, 3.63) is 204 Å². The molecule has 0 saturated carbocycles. The van der Waals surface area contributed by atoms with Crippen LogP contribution in [0.15, 0.2) is 97.1 Å². The Labute approximate surface area is 793 Å². The third-order valence-corrected chi connectivity index (χ3v) is 33.5. The summed E-state index contributed by atoms with van der Waals surface area (Å²) in [4.78, 5) is 48.7. The van der Waals surface area contributed by atoms with Crippen LogP contribution in [0.1, 0.15) is 251 Å². The molecule has 8 aromatic carbocycles. The summed E-state index contributed by atoms with van der Waals surface area (Å²) in [5.74, 6) is -0.302. The largest absolute Gasteiger partial charge is 0.507 e. The fraction of sp³-hybridized carbons (Fsp3) is 0.462. The molecule has 5 N–H and O–H groups in total. The molecule has 680 valence electrons. The van der Waals surface area contributed by atoms with Crippen molar-refractivity contribution in [3.8, 4) is 73.3 Å². The quantitative estimate of drug-likeness (QED) is 0.0578. The normalized spacial score (nSPS) is 21.3. The molecular weight excluding hydrogens is 1760 g/mol. The van der Waals surface area contributed by atoms with Gasteiger partial charge in [-0.25, -0.2) is 13.2 Å². The van der Waals surface area contributed by atoms with Gasteiger partial charge in [0.1, 0.15) is 28.8 Å². The first-order chi connectivity index (χ1) is 59.7. The van der Waals surface area contributed by atoms with Gasteiger partial charge in [-0.2, -0.15) is 0 Å². The maximum absolute atomic E-state index is 16.0. The monoisotopic (exact) mass is 1880 g/mol. The predicted octanol–water partition coefficient (Wildman–Crippen LogP) is 24.4. The number of carbonyl (C=O) groups is 4. The summed E-state index contributed by atoms with van der Waals surface area (Å²) in [6.07, 6.45) is 10.6. The van der Waals surface area contributed by atoms with Gasteiger partial charge in [0.2, 0.25) is 23.6 Å². The second-order valence-electron chi connectivity index (χ2n) is 40.9. The number of ether oxygens (including phenoxy) is 4. The summed E-state index contributed by atoms with van der Waals surface area (Å²) in [7, 11) is 6.19. The molecule has 128 heavy (non-hydrogen) atoms. The number of aromatic hydroxyl groups is 1. The van der Waals surface area contributed by atoms with Crippen molar-refractivity contribution in [2.45, 2.75) is 280 Å². The van der Waals surface area contributed by atoms with E-state index < -0.39 is 22.7 Å². The topological polar surface area (TPSA) is 174 Å². The smallest absolute Gasteiger partial charge is 0.239 e. The SMILES string of the molecule is COc1c(F)cc(CC2SC(=S)NC2=O)c(F)c1-c1cc2c(cc1C)C(C)(C)CCC2(C)C.COc1c(F)cc(CC2SC(=S)NC2=O)cc1-c1cc2c(cc1C)C(C)(C)CCC2(C)C.COc1cc(CC2SC(=S)NC2=O)cc(-c2cc3c(cc2C)C(C)(C)CCC3(C)C)c1OC.Cc1cc2c(cc1-c1cc(CC3SC(=S)NC3=O)ccc1O)C(C)(C)CCC2(C)C. The lowest BCUT2D eigenvalue weighted by molar-refractivity contribution is -0.119.